The zero-order valence-electron chi connectivity index (χ0n) is 12.6. The summed E-state index contributed by atoms with van der Waals surface area (Å²) in [5, 5.41) is 0. The smallest absolute Gasteiger partial charge is 0.410 e. The van der Waals surface area contributed by atoms with Gasteiger partial charge in [0.05, 0.1) is 12.5 Å². The monoisotopic (exact) mass is 297 g/mol. The Morgan fingerprint density at radius 1 is 1.29 bits per heavy atom. The number of ether oxygens (including phenoxy) is 1. The Bertz CT molecular complexity index is 497. The Hall–Kier alpha value is -1.65. The topological polar surface area (TPSA) is 29.5 Å². The van der Waals surface area contributed by atoms with Crippen LogP contribution in [0.2, 0.25) is 0 Å². The molecule has 1 atom stereocenters. The molecule has 21 heavy (non-hydrogen) atoms. The Morgan fingerprint density at radius 2 is 1.90 bits per heavy atom. The molecule has 0 aromatic heterocycles. The summed E-state index contributed by atoms with van der Waals surface area (Å²) in [5.41, 5.74) is -0.0609. The van der Waals surface area contributed by atoms with Gasteiger partial charge in [0, 0.05) is 6.54 Å². The van der Waals surface area contributed by atoms with Gasteiger partial charge in [0.25, 0.3) is 5.92 Å². The van der Waals surface area contributed by atoms with E-state index < -0.39 is 30.1 Å². The van der Waals surface area contributed by atoms with E-state index in [1.807, 2.05) is 0 Å². The lowest BCUT2D eigenvalue weighted by molar-refractivity contribution is -0.0848. The molecule has 1 unspecified atom stereocenters. The van der Waals surface area contributed by atoms with Gasteiger partial charge in [-0.3, -0.25) is 0 Å². The highest BCUT2D eigenvalue weighted by Gasteiger charge is 2.47. The van der Waals surface area contributed by atoms with Crippen LogP contribution in [0.3, 0.4) is 0 Å². The van der Waals surface area contributed by atoms with Crippen molar-refractivity contribution in [2.24, 2.45) is 0 Å². The summed E-state index contributed by atoms with van der Waals surface area (Å²) in [6, 6.07) is 8.73. The van der Waals surface area contributed by atoms with Gasteiger partial charge in [-0.15, -0.1) is 0 Å². The molecule has 0 saturated carbocycles. The van der Waals surface area contributed by atoms with Crippen LogP contribution in [0.5, 0.6) is 0 Å². The quantitative estimate of drug-likeness (QED) is 0.782. The number of nitrogens with zero attached hydrogens (tertiary/aromatic N) is 1. The maximum Gasteiger partial charge on any atom is 0.410 e. The van der Waals surface area contributed by atoms with Crippen LogP contribution >= 0.6 is 0 Å². The van der Waals surface area contributed by atoms with Crippen LogP contribution < -0.4 is 0 Å². The van der Waals surface area contributed by atoms with Crippen molar-refractivity contribution in [3.05, 3.63) is 35.9 Å². The maximum atomic E-state index is 14.3. The van der Waals surface area contributed by atoms with Crippen molar-refractivity contribution in [2.45, 2.75) is 44.6 Å². The number of hydrogen-bond donors (Lipinski definition) is 0. The molecule has 0 aliphatic carbocycles. The molecule has 5 heteroatoms. The normalized spacial score (nSPS) is 22.0. The summed E-state index contributed by atoms with van der Waals surface area (Å²) in [5.74, 6) is -3.80. The van der Waals surface area contributed by atoms with E-state index in [9.17, 15) is 13.6 Å². The van der Waals surface area contributed by atoms with Crippen LogP contribution in [0.4, 0.5) is 13.6 Å². The zero-order valence-corrected chi connectivity index (χ0v) is 12.6. The molecule has 2 rings (SSSR count). The van der Waals surface area contributed by atoms with Gasteiger partial charge < -0.3 is 9.64 Å². The average Bonchev–Trinajstić information content (AvgIpc) is 2.36. The Labute approximate surface area is 123 Å². The average molecular weight is 297 g/mol. The van der Waals surface area contributed by atoms with Crippen molar-refractivity contribution in [3.8, 4) is 0 Å². The highest BCUT2D eigenvalue weighted by atomic mass is 19.3. The summed E-state index contributed by atoms with van der Waals surface area (Å²) in [6.07, 6.45) is -0.440. The molecule has 1 aromatic carbocycles. The first-order chi connectivity index (χ1) is 9.69. The number of rotatable bonds is 1. The fourth-order valence-electron chi connectivity index (χ4n) is 2.52. The van der Waals surface area contributed by atoms with Crippen molar-refractivity contribution in [1.29, 1.82) is 0 Å². The van der Waals surface area contributed by atoms with Crippen molar-refractivity contribution in [2.75, 3.05) is 13.1 Å². The molecule has 116 valence electrons. The lowest BCUT2D eigenvalue weighted by atomic mass is 9.86. The van der Waals surface area contributed by atoms with Crippen LogP contribution in [0.25, 0.3) is 0 Å². The minimum atomic E-state index is -2.95. The standard InChI is InChI=1S/C16H21F2NO2/c1-15(2,3)21-14(20)19-10-9-13(16(17,18)11-19)12-7-5-4-6-8-12/h4-8,13H,9-11H2,1-3H3. The first-order valence-corrected chi connectivity index (χ1v) is 7.10. The molecule has 3 nitrogen and oxygen atoms in total. The summed E-state index contributed by atoms with van der Waals surface area (Å²) < 4.78 is 33.9. The predicted octanol–water partition coefficient (Wildman–Crippen LogP) is 4.05. The van der Waals surface area contributed by atoms with E-state index in [-0.39, 0.29) is 13.0 Å². The number of carbonyl (C=O) groups is 1. The third-order valence-electron chi connectivity index (χ3n) is 3.45. The largest absolute Gasteiger partial charge is 0.444 e. The molecule has 1 saturated heterocycles. The molecule has 1 amide bonds. The second kappa shape index (κ2) is 5.62. The second-order valence-electron chi connectivity index (χ2n) is 6.41. The van der Waals surface area contributed by atoms with E-state index in [0.717, 1.165) is 4.90 Å². The third-order valence-corrected chi connectivity index (χ3v) is 3.45. The van der Waals surface area contributed by atoms with Crippen LogP contribution in [0.15, 0.2) is 30.3 Å². The highest BCUT2D eigenvalue weighted by Crippen LogP contribution is 2.40. The molecule has 1 heterocycles. The van der Waals surface area contributed by atoms with E-state index in [1.165, 1.54) is 0 Å². The SMILES string of the molecule is CC(C)(C)OC(=O)N1CCC(c2ccccc2)C(F)(F)C1. The minimum absolute atomic E-state index is 0.232. The third kappa shape index (κ3) is 3.93. The van der Waals surface area contributed by atoms with Gasteiger partial charge in [-0.2, -0.15) is 0 Å². The number of amides is 1. The molecule has 1 aliphatic heterocycles. The second-order valence-corrected chi connectivity index (χ2v) is 6.41. The molecular formula is C16H21F2NO2. The summed E-state index contributed by atoms with van der Waals surface area (Å²) in [7, 11) is 0. The van der Waals surface area contributed by atoms with Crippen molar-refractivity contribution < 1.29 is 18.3 Å². The molecule has 1 aromatic rings. The maximum absolute atomic E-state index is 14.3. The fourth-order valence-corrected chi connectivity index (χ4v) is 2.52. The highest BCUT2D eigenvalue weighted by molar-refractivity contribution is 5.68. The number of hydrogen-bond acceptors (Lipinski definition) is 2. The molecule has 0 spiro atoms. The fraction of sp³-hybridized carbons (Fsp3) is 0.562. The molecule has 1 aliphatic rings. The molecule has 1 fully saturated rings. The van der Waals surface area contributed by atoms with Gasteiger partial charge in [-0.05, 0) is 32.8 Å². The summed E-state index contributed by atoms with van der Waals surface area (Å²) >= 11 is 0. The van der Waals surface area contributed by atoms with E-state index in [4.69, 9.17) is 4.74 Å². The van der Waals surface area contributed by atoms with Crippen molar-refractivity contribution in [1.82, 2.24) is 4.90 Å². The minimum Gasteiger partial charge on any atom is -0.444 e. The number of benzene rings is 1. The van der Waals surface area contributed by atoms with E-state index in [0.29, 0.717) is 5.56 Å². The number of likely N-dealkylation sites (tertiary alicyclic amines) is 1. The predicted molar refractivity (Wildman–Crippen MR) is 76.6 cm³/mol. The van der Waals surface area contributed by atoms with E-state index in [1.54, 1.807) is 51.1 Å². The van der Waals surface area contributed by atoms with Crippen molar-refractivity contribution >= 4 is 6.09 Å². The van der Waals surface area contributed by atoms with Crippen LogP contribution in [-0.2, 0) is 4.74 Å². The number of piperidine rings is 1. The summed E-state index contributed by atoms with van der Waals surface area (Å²) in [4.78, 5) is 13.0. The van der Waals surface area contributed by atoms with Gasteiger partial charge >= 0.3 is 6.09 Å². The van der Waals surface area contributed by atoms with Crippen LogP contribution in [0.1, 0.15) is 38.7 Å². The number of carbonyl (C=O) groups excluding carboxylic acids is 1. The molecule has 0 radical (unpaired) electrons. The van der Waals surface area contributed by atoms with Crippen molar-refractivity contribution in [3.63, 3.8) is 0 Å². The lowest BCUT2D eigenvalue weighted by Crippen LogP contribution is -2.50. The number of alkyl halides is 2. The van der Waals surface area contributed by atoms with E-state index in [2.05, 4.69) is 0 Å². The van der Waals surface area contributed by atoms with E-state index >= 15 is 0 Å². The Kier molecular flexibility index (Phi) is 4.21. The first kappa shape index (κ1) is 15.7. The Balaban J connectivity index is 2.08. The lowest BCUT2D eigenvalue weighted by Gasteiger charge is -2.39. The van der Waals surface area contributed by atoms with Crippen LogP contribution in [-0.4, -0.2) is 35.6 Å². The van der Waals surface area contributed by atoms with Gasteiger partial charge in [0.1, 0.15) is 5.60 Å². The van der Waals surface area contributed by atoms with Crippen LogP contribution in [0, 0.1) is 0 Å². The van der Waals surface area contributed by atoms with Gasteiger partial charge in [0.2, 0.25) is 0 Å². The zero-order chi connectivity index (χ0) is 15.7. The van der Waals surface area contributed by atoms with Gasteiger partial charge in [0.15, 0.2) is 0 Å². The first-order valence-electron chi connectivity index (χ1n) is 7.10. The van der Waals surface area contributed by atoms with Gasteiger partial charge in [-0.1, -0.05) is 30.3 Å². The summed E-state index contributed by atoms with van der Waals surface area (Å²) in [6.45, 7) is 4.85. The molecule has 0 N–H and O–H groups in total. The number of halogens is 2. The Morgan fingerprint density at radius 3 is 2.43 bits per heavy atom. The molecule has 0 bridgehead atoms. The van der Waals surface area contributed by atoms with Gasteiger partial charge in [-0.25, -0.2) is 13.6 Å². The molecular weight excluding hydrogens is 276 g/mol.